The first kappa shape index (κ1) is 29.1. The zero-order chi connectivity index (χ0) is 28.8. The number of sulfone groups is 1. The van der Waals surface area contributed by atoms with Crippen molar-refractivity contribution >= 4 is 28.5 Å². The molecule has 4 atom stereocenters. The second-order valence-electron chi connectivity index (χ2n) is 12.1. The highest BCUT2D eigenvalue weighted by molar-refractivity contribution is 7.91. The van der Waals surface area contributed by atoms with Crippen molar-refractivity contribution in [3.63, 3.8) is 0 Å². The van der Waals surface area contributed by atoms with Crippen LogP contribution < -0.4 is 10.4 Å². The van der Waals surface area contributed by atoms with E-state index in [9.17, 15) is 13.5 Å². The summed E-state index contributed by atoms with van der Waals surface area (Å²) < 4.78 is 52.1. The van der Waals surface area contributed by atoms with Crippen LogP contribution in [0, 0.1) is 0 Å². The van der Waals surface area contributed by atoms with Gasteiger partial charge in [0, 0.05) is 0 Å². The summed E-state index contributed by atoms with van der Waals surface area (Å²) in [5.41, 5.74) is 0. The van der Waals surface area contributed by atoms with Gasteiger partial charge in [-0.25, -0.2) is 8.42 Å². The molecule has 2 aliphatic heterocycles. The quantitative estimate of drug-likeness (QED) is 0.406. The summed E-state index contributed by atoms with van der Waals surface area (Å²) in [7, 11) is -6.82. The summed E-state index contributed by atoms with van der Waals surface area (Å²) in [6, 6.07) is 28.5. The van der Waals surface area contributed by atoms with E-state index in [1.165, 1.54) is 12.1 Å². The third-order valence-electron chi connectivity index (χ3n) is 7.68. The molecule has 1 N–H and O–H groups in total. The van der Waals surface area contributed by atoms with Gasteiger partial charge in [-0.1, -0.05) is 99.6 Å². The standard InChI is InChI=1S/C31H38O7SSi/c1-29(2,3)40(24-17-11-7-12-18-24,25-19-13-8-14-20-25)35-21-26-27-28(38-30(4,5)37-27)31(32,36-26)22-39(33,34)23-15-9-6-10-16-23/h6-20,26-28,32H,21-22H2,1-5H3/t26-,27-,28?,31+/m1/s1. The fourth-order valence-electron chi connectivity index (χ4n) is 6.00. The Morgan fingerprint density at radius 1 is 0.825 bits per heavy atom. The Kier molecular flexibility index (Phi) is 7.63. The molecule has 2 saturated heterocycles. The van der Waals surface area contributed by atoms with Crippen molar-refractivity contribution in [2.45, 2.75) is 74.4 Å². The van der Waals surface area contributed by atoms with Crippen molar-refractivity contribution in [3.05, 3.63) is 91.0 Å². The Bertz CT molecular complexity index is 1370. The van der Waals surface area contributed by atoms with Crippen LogP contribution in [-0.4, -0.2) is 64.1 Å². The van der Waals surface area contributed by atoms with Crippen LogP contribution in [0.2, 0.25) is 5.04 Å². The van der Waals surface area contributed by atoms with Gasteiger partial charge in [-0.2, -0.15) is 0 Å². The van der Waals surface area contributed by atoms with Crippen molar-refractivity contribution < 1.29 is 32.2 Å². The first-order valence-corrected chi connectivity index (χ1v) is 17.1. The Labute approximate surface area is 238 Å². The fourth-order valence-corrected chi connectivity index (χ4v) is 12.1. The number of rotatable bonds is 8. The number of hydrogen-bond donors (Lipinski definition) is 1. The van der Waals surface area contributed by atoms with Crippen LogP contribution in [0.1, 0.15) is 34.6 Å². The van der Waals surface area contributed by atoms with E-state index >= 15 is 0 Å². The van der Waals surface area contributed by atoms with Crippen molar-refractivity contribution in [2.75, 3.05) is 12.4 Å². The Morgan fingerprint density at radius 3 is 1.82 bits per heavy atom. The van der Waals surface area contributed by atoms with Gasteiger partial charge < -0.3 is 23.7 Å². The van der Waals surface area contributed by atoms with Crippen molar-refractivity contribution in [1.29, 1.82) is 0 Å². The van der Waals surface area contributed by atoms with Crippen LogP contribution in [0.4, 0.5) is 0 Å². The number of benzene rings is 3. The monoisotopic (exact) mass is 582 g/mol. The number of aliphatic hydroxyl groups is 1. The smallest absolute Gasteiger partial charge is 0.261 e. The van der Waals surface area contributed by atoms with Gasteiger partial charge in [-0.3, -0.25) is 0 Å². The van der Waals surface area contributed by atoms with E-state index in [4.69, 9.17) is 18.6 Å². The topological polar surface area (TPSA) is 91.3 Å². The molecule has 7 nitrogen and oxygen atoms in total. The van der Waals surface area contributed by atoms with Gasteiger partial charge in [0.15, 0.2) is 15.6 Å². The second kappa shape index (κ2) is 10.5. The van der Waals surface area contributed by atoms with Crippen molar-refractivity contribution in [1.82, 2.24) is 0 Å². The molecule has 2 fully saturated rings. The highest BCUT2D eigenvalue weighted by Gasteiger charge is 2.64. The molecular formula is C31H38O7SSi. The maximum atomic E-state index is 13.3. The summed E-state index contributed by atoms with van der Waals surface area (Å²) in [4.78, 5) is 0.105. The molecule has 0 amide bonds. The minimum Gasteiger partial charge on any atom is -0.405 e. The average Bonchev–Trinajstić information content (AvgIpc) is 3.36. The zero-order valence-corrected chi connectivity index (χ0v) is 25.4. The maximum Gasteiger partial charge on any atom is 0.261 e. The molecule has 3 aromatic rings. The minimum absolute atomic E-state index is 0.0849. The molecule has 40 heavy (non-hydrogen) atoms. The highest BCUT2D eigenvalue weighted by atomic mass is 32.2. The van der Waals surface area contributed by atoms with Gasteiger partial charge in [0.1, 0.15) is 24.1 Å². The predicted octanol–water partition coefficient (Wildman–Crippen LogP) is 3.64. The van der Waals surface area contributed by atoms with Gasteiger partial charge in [0.25, 0.3) is 8.32 Å². The molecule has 0 aromatic heterocycles. The van der Waals surface area contributed by atoms with Crippen molar-refractivity contribution in [3.8, 4) is 0 Å². The molecule has 0 bridgehead atoms. The number of fused-ring (bicyclic) bond motifs is 1. The highest BCUT2D eigenvalue weighted by Crippen LogP contribution is 2.45. The lowest BCUT2D eigenvalue weighted by Gasteiger charge is -2.43. The molecule has 5 rings (SSSR count). The van der Waals surface area contributed by atoms with Gasteiger partial charge in [-0.15, -0.1) is 0 Å². The van der Waals surface area contributed by atoms with Crippen LogP contribution in [0.3, 0.4) is 0 Å². The molecule has 1 unspecified atom stereocenters. The Morgan fingerprint density at radius 2 is 1.32 bits per heavy atom. The fraction of sp³-hybridized carbons (Fsp3) is 0.419. The third kappa shape index (κ3) is 5.32. The minimum atomic E-state index is -3.90. The van der Waals surface area contributed by atoms with Crippen LogP contribution in [0.25, 0.3) is 0 Å². The van der Waals surface area contributed by atoms with E-state index in [1.54, 1.807) is 32.0 Å². The SMILES string of the molecule is CC1(C)OC2[C@H](O1)[C@@H](CO[Si](c1ccccc1)(c1ccccc1)C(C)(C)C)O[C@@]2(O)CS(=O)(=O)c1ccccc1. The largest absolute Gasteiger partial charge is 0.405 e. The van der Waals surface area contributed by atoms with Gasteiger partial charge in [0.05, 0.1) is 11.5 Å². The molecule has 0 radical (unpaired) electrons. The number of ether oxygens (including phenoxy) is 3. The molecule has 9 heteroatoms. The van der Waals surface area contributed by atoms with Crippen LogP contribution in [-0.2, 0) is 28.5 Å². The Balaban J connectivity index is 1.50. The number of hydrogen-bond acceptors (Lipinski definition) is 7. The molecular weight excluding hydrogens is 544 g/mol. The van der Waals surface area contributed by atoms with Crippen LogP contribution in [0.5, 0.6) is 0 Å². The Hall–Kier alpha value is -2.37. The summed E-state index contributed by atoms with van der Waals surface area (Å²) in [6.07, 6.45) is -2.48. The third-order valence-corrected chi connectivity index (χ3v) is 14.5. The first-order valence-electron chi connectivity index (χ1n) is 13.6. The van der Waals surface area contributed by atoms with Gasteiger partial charge >= 0.3 is 0 Å². The van der Waals surface area contributed by atoms with E-state index in [1.807, 2.05) is 36.4 Å². The molecule has 2 heterocycles. The lowest BCUT2D eigenvalue weighted by atomic mass is 10.1. The van der Waals surface area contributed by atoms with E-state index in [2.05, 4.69) is 45.0 Å². The van der Waals surface area contributed by atoms with E-state index in [0.717, 1.165) is 10.4 Å². The van der Waals surface area contributed by atoms with Crippen LogP contribution >= 0.6 is 0 Å². The van der Waals surface area contributed by atoms with Crippen molar-refractivity contribution in [2.24, 2.45) is 0 Å². The summed E-state index contributed by atoms with van der Waals surface area (Å²) in [6.45, 7) is 10.1. The molecule has 0 spiro atoms. The van der Waals surface area contributed by atoms with Crippen LogP contribution in [0.15, 0.2) is 95.9 Å². The molecule has 3 aromatic carbocycles. The van der Waals surface area contributed by atoms with E-state index in [0.29, 0.717) is 0 Å². The zero-order valence-electron chi connectivity index (χ0n) is 23.6. The summed E-state index contributed by atoms with van der Waals surface area (Å²) >= 11 is 0. The van der Waals surface area contributed by atoms with Gasteiger partial charge in [-0.05, 0) is 41.4 Å². The normalized spacial score (nSPS) is 26.5. The summed E-state index contributed by atoms with van der Waals surface area (Å²) in [5, 5.41) is 13.7. The maximum absolute atomic E-state index is 13.3. The lowest BCUT2D eigenvalue weighted by molar-refractivity contribution is -0.266. The molecule has 0 aliphatic carbocycles. The predicted molar refractivity (Wildman–Crippen MR) is 156 cm³/mol. The second-order valence-corrected chi connectivity index (χ2v) is 18.4. The first-order chi connectivity index (χ1) is 18.8. The molecule has 0 saturated carbocycles. The molecule has 214 valence electrons. The van der Waals surface area contributed by atoms with E-state index < -0.39 is 53.8 Å². The average molecular weight is 583 g/mol. The lowest BCUT2D eigenvalue weighted by Crippen LogP contribution is -2.67. The summed E-state index contributed by atoms with van der Waals surface area (Å²) in [5.74, 6) is -3.81. The van der Waals surface area contributed by atoms with E-state index in [-0.39, 0.29) is 16.5 Å². The van der Waals surface area contributed by atoms with Gasteiger partial charge in [0.2, 0.25) is 5.79 Å². The molecule has 2 aliphatic rings.